The molecule has 0 aliphatic carbocycles. The lowest BCUT2D eigenvalue weighted by Crippen LogP contribution is -2.01. The third-order valence-electron chi connectivity index (χ3n) is 1.46. The fourth-order valence-corrected chi connectivity index (χ4v) is 1.62. The van der Waals surface area contributed by atoms with E-state index < -0.39 is 11.8 Å². The van der Waals surface area contributed by atoms with Gasteiger partial charge in [0.25, 0.3) is 0 Å². The Morgan fingerprint density at radius 2 is 2.23 bits per heavy atom. The van der Waals surface area contributed by atoms with E-state index in [0.29, 0.717) is 5.56 Å². The summed E-state index contributed by atoms with van der Waals surface area (Å²) in [5, 5.41) is 8.45. The van der Waals surface area contributed by atoms with Gasteiger partial charge < -0.3 is 5.11 Å². The highest BCUT2D eigenvalue weighted by atomic mass is 79.9. The summed E-state index contributed by atoms with van der Waals surface area (Å²) in [5.74, 6) is -1.64. The molecule has 0 heterocycles. The number of aliphatic carboxylic acids is 1. The summed E-state index contributed by atoms with van der Waals surface area (Å²) in [6, 6.07) is 2.81. The first-order valence-corrected chi connectivity index (χ1v) is 4.53. The van der Waals surface area contributed by atoms with Crippen molar-refractivity contribution < 1.29 is 14.3 Å². The molecule has 2 nitrogen and oxygen atoms in total. The standard InChI is InChI=1S/C8H5BrClFO2/c9-7-4(3-6(12)13)1-2-5(10)8(7)11/h1-2H,3H2,(H,12,13). The average molecular weight is 267 g/mol. The van der Waals surface area contributed by atoms with Crippen molar-refractivity contribution in [1.29, 1.82) is 0 Å². The Morgan fingerprint density at radius 3 is 2.77 bits per heavy atom. The molecular weight excluding hydrogens is 262 g/mol. The Morgan fingerprint density at radius 1 is 1.62 bits per heavy atom. The lowest BCUT2D eigenvalue weighted by atomic mass is 10.1. The van der Waals surface area contributed by atoms with E-state index in [9.17, 15) is 9.18 Å². The highest BCUT2D eigenvalue weighted by molar-refractivity contribution is 9.10. The highest BCUT2D eigenvalue weighted by Gasteiger charge is 2.11. The van der Waals surface area contributed by atoms with Crippen molar-refractivity contribution in [1.82, 2.24) is 0 Å². The second kappa shape index (κ2) is 4.07. The Labute approximate surface area is 87.5 Å². The molecule has 0 amide bonds. The lowest BCUT2D eigenvalue weighted by Gasteiger charge is -2.03. The van der Waals surface area contributed by atoms with Crippen LogP contribution < -0.4 is 0 Å². The molecule has 0 aliphatic heterocycles. The zero-order valence-electron chi connectivity index (χ0n) is 6.35. The van der Waals surface area contributed by atoms with E-state index in [1.165, 1.54) is 12.1 Å². The lowest BCUT2D eigenvalue weighted by molar-refractivity contribution is -0.136. The Bertz CT molecular complexity index is 354. The van der Waals surface area contributed by atoms with Gasteiger partial charge in [-0.2, -0.15) is 0 Å². The zero-order chi connectivity index (χ0) is 10.0. The van der Waals surface area contributed by atoms with Crippen LogP contribution in [0.5, 0.6) is 0 Å². The van der Waals surface area contributed by atoms with Crippen LogP contribution in [-0.4, -0.2) is 11.1 Å². The van der Waals surface area contributed by atoms with Crippen molar-refractivity contribution in [2.75, 3.05) is 0 Å². The van der Waals surface area contributed by atoms with Crippen molar-refractivity contribution >= 4 is 33.5 Å². The summed E-state index contributed by atoms with van der Waals surface area (Å²) in [6.45, 7) is 0. The van der Waals surface area contributed by atoms with Gasteiger partial charge in [0.1, 0.15) is 0 Å². The monoisotopic (exact) mass is 266 g/mol. The van der Waals surface area contributed by atoms with Crippen molar-refractivity contribution in [3.63, 3.8) is 0 Å². The van der Waals surface area contributed by atoms with E-state index in [4.69, 9.17) is 16.7 Å². The molecular formula is C8H5BrClFO2. The molecule has 0 aliphatic rings. The smallest absolute Gasteiger partial charge is 0.307 e. The van der Waals surface area contributed by atoms with Gasteiger partial charge in [-0.25, -0.2) is 4.39 Å². The first kappa shape index (κ1) is 10.5. The molecule has 0 unspecified atom stereocenters. The second-order valence-electron chi connectivity index (χ2n) is 2.40. The van der Waals surface area contributed by atoms with E-state index >= 15 is 0 Å². The van der Waals surface area contributed by atoms with Crippen molar-refractivity contribution in [2.24, 2.45) is 0 Å². The highest BCUT2D eigenvalue weighted by Crippen LogP contribution is 2.26. The molecule has 0 bridgehead atoms. The number of carbonyl (C=O) groups is 1. The van der Waals surface area contributed by atoms with Gasteiger partial charge in [-0.15, -0.1) is 0 Å². The van der Waals surface area contributed by atoms with Crippen molar-refractivity contribution in [3.05, 3.63) is 33.0 Å². The minimum atomic E-state index is -1.01. The van der Waals surface area contributed by atoms with Crippen molar-refractivity contribution in [3.8, 4) is 0 Å². The van der Waals surface area contributed by atoms with Gasteiger partial charge in [0, 0.05) is 0 Å². The van der Waals surface area contributed by atoms with Gasteiger partial charge in [-0.05, 0) is 27.6 Å². The zero-order valence-corrected chi connectivity index (χ0v) is 8.69. The normalized spacial score (nSPS) is 10.1. The molecule has 0 fully saturated rings. The predicted octanol–water partition coefficient (Wildman–Crippen LogP) is 2.87. The van der Waals surface area contributed by atoms with E-state index in [1.807, 2.05) is 0 Å². The van der Waals surface area contributed by atoms with Gasteiger partial charge in [0.2, 0.25) is 0 Å². The second-order valence-corrected chi connectivity index (χ2v) is 3.61. The fourth-order valence-electron chi connectivity index (χ4n) is 0.865. The van der Waals surface area contributed by atoms with Crippen LogP contribution in [0.4, 0.5) is 4.39 Å². The van der Waals surface area contributed by atoms with E-state index in [0.717, 1.165) is 0 Å². The number of rotatable bonds is 2. The number of carboxylic acids is 1. The molecule has 70 valence electrons. The van der Waals surface area contributed by atoms with Gasteiger partial charge >= 0.3 is 5.97 Å². The SMILES string of the molecule is O=C(O)Cc1ccc(Cl)c(F)c1Br. The first-order valence-electron chi connectivity index (χ1n) is 3.36. The Balaban J connectivity index is 3.10. The van der Waals surface area contributed by atoms with Gasteiger partial charge in [0.15, 0.2) is 5.82 Å². The maximum absolute atomic E-state index is 13.1. The summed E-state index contributed by atoms with van der Waals surface area (Å²) < 4.78 is 13.2. The minimum absolute atomic E-state index is 0.0268. The van der Waals surface area contributed by atoms with Gasteiger partial charge in [-0.3, -0.25) is 4.79 Å². The number of benzene rings is 1. The van der Waals surface area contributed by atoms with Crippen molar-refractivity contribution in [2.45, 2.75) is 6.42 Å². The topological polar surface area (TPSA) is 37.3 Å². The van der Waals surface area contributed by atoms with E-state index in [2.05, 4.69) is 15.9 Å². The van der Waals surface area contributed by atoms with Crippen LogP contribution >= 0.6 is 27.5 Å². The number of hydrogen-bond donors (Lipinski definition) is 1. The molecule has 0 saturated heterocycles. The number of carboxylic acid groups (broad SMARTS) is 1. The third-order valence-corrected chi connectivity index (χ3v) is 2.61. The van der Waals surface area contributed by atoms with Gasteiger partial charge in [-0.1, -0.05) is 17.7 Å². The molecule has 1 rings (SSSR count). The molecule has 5 heteroatoms. The molecule has 0 spiro atoms. The minimum Gasteiger partial charge on any atom is -0.481 e. The largest absolute Gasteiger partial charge is 0.481 e. The Hall–Kier alpha value is -0.610. The van der Waals surface area contributed by atoms with E-state index in [1.54, 1.807) is 0 Å². The number of halogens is 3. The maximum Gasteiger partial charge on any atom is 0.307 e. The molecule has 0 radical (unpaired) electrons. The van der Waals surface area contributed by atoms with Crippen LogP contribution in [0.3, 0.4) is 0 Å². The Kier molecular flexibility index (Phi) is 3.27. The molecule has 1 aromatic carbocycles. The van der Waals surface area contributed by atoms with Crippen LogP contribution in [0.2, 0.25) is 5.02 Å². The quantitative estimate of drug-likeness (QED) is 0.837. The molecule has 1 aromatic rings. The molecule has 0 atom stereocenters. The summed E-state index contributed by atoms with van der Waals surface area (Å²) >= 11 is 8.41. The third kappa shape index (κ3) is 2.42. The fraction of sp³-hybridized carbons (Fsp3) is 0.125. The van der Waals surface area contributed by atoms with Crippen LogP contribution in [0.1, 0.15) is 5.56 Å². The summed E-state index contributed by atoms with van der Waals surface area (Å²) in [4.78, 5) is 10.3. The van der Waals surface area contributed by atoms with Crippen LogP contribution in [-0.2, 0) is 11.2 Å². The maximum atomic E-state index is 13.1. The van der Waals surface area contributed by atoms with Gasteiger partial charge in [0.05, 0.1) is 15.9 Å². The molecule has 1 N–H and O–H groups in total. The predicted molar refractivity (Wildman–Crippen MR) is 50.4 cm³/mol. The average Bonchev–Trinajstić information content (AvgIpc) is 2.06. The van der Waals surface area contributed by atoms with Crippen LogP contribution in [0.25, 0.3) is 0 Å². The molecule has 0 saturated carbocycles. The summed E-state index contributed by atoms with van der Waals surface area (Å²) in [6.07, 6.45) is -0.228. The summed E-state index contributed by atoms with van der Waals surface area (Å²) in [7, 11) is 0. The number of hydrogen-bond acceptors (Lipinski definition) is 1. The van der Waals surface area contributed by atoms with Crippen LogP contribution in [0, 0.1) is 5.82 Å². The van der Waals surface area contributed by atoms with Crippen LogP contribution in [0.15, 0.2) is 16.6 Å². The molecule has 0 aromatic heterocycles. The van der Waals surface area contributed by atoms with E-state index in [-0.39, 0.29) is 15.9 Å². The first-order chi connectivity index (χ1) is 6.02. The summed E-state index contributed by atoms with van der Waals surface area (Å²) in [5.41, 5.74) is 0.370. The molecule has 13 heavy (non-hydrogen) atoms.